The average Bonchev–Trinajstić information content (AvgIpc) is 2.66. The van der Waals surface area contributed by atoms with Crippen molar-refractivity contribution in [2.24, 2.45) is 11.7 Å². The summed E-state index contributed by atoms with van der Waals surface area (Å²) in [4.78, 5) is 11.5. The van der Waals surface area contributed by atoms with E-state index in [0.29, 0.717) is 13.1 Å². The number of ether oxygens (including phenoxy) is 1. The number of rotatable bonds is 5. The minimum absolute atomic E-state index is 0.0606. The third-order valence-corrected chi connectivity index (χ3v) is 2.58. The lowest BCUT2D eigenvalue weighted by Gasteiger charge is -2.17. The standard InChI is InChI=1S/C10H20N2O2/c1-2-12-10(13)8(7-11)6-9-4-3-5-14-9/h8-9H,2-7,11H2,1H3,(H,12,13). The summed E-state index contributed by atoms with van der Waals surface area (Å²) >= 11 is 0. The van der Waals surface area contributed by atoms with Crippen LogP contribution in [0.15, 0.2) is 0 Å². The molecule has 4 heteroatoms. The Bertz CT molecular complexity index is 179. The molecule has 2 atom stereocenters. The van der Waals surface area contributed by atoms with E-state index in [1.807, 2.05) is 6.92 Å². The summed E-state index contributed by atoms with van der Waals surface area (Å²) in [6.45, 7) is 3.82. The zero-order valence-electron chi connectivity index (χ0n) is 8.79. The highest BCUT2D eigenvalue weighted by atomic mass is 16.5. The summed E-state index contributed by atoms with van der Waals surface area (Å²) < 4.78 is 5.48. The first-order chi connectivity index (χ1) is 6.77. The first kappa shape index (κ1) is 11.5. The number of hydrogen-bond donors (Lipinski definition) is 2. The largest absolute Gasteiger partial charge is 0.378 e. The number of hydrogen-bond acceptors (Lipinski definition) is 3. The van der Waals surface area contributed by atoms with Crippen LogP contribution in [-0.4, -0.2) is 31.7 Å². The quantitative estimate of drug-likeness (QED) is 0.669. The van der Waals surface area contributed by atoms with Gasteiger partial charge in [-0.2, -0.15) is 0 Å². The van der Waals surface area contributed by atoms with E-state index in [4.69, 9.17) is 10.5 Å². The Hall–Kier alpha value is -0.610. The molecule has 0 spiro atoms. The molecule has 3 N–H and O–H groups in total. The SMILES string of the molecule is CCNC(=O)C(CN)CC1CCCO1. The normalized spacial score (nSPS) is 23.4. The first-order valence-corrected chi connectivity index (χ1v) is 5.37. The van der Waals surface area contributed by atoms with Gasteiger partial charge in [-0.05, 0) is 26.2 Å². The molecule has 0 aromatic carbocycles. The Morgan fingerprint density at radius 1 is 1.71 bits per heavy atom. The molecule has 1 fully saturated rings. The Labute approximate surface area is 85.2 Å². The second-order valence-corrected chi connectivity index (χ2v) is 3.70. The van der Waals surface area contributed by atoms with Gasteiger partial charge < -0.3 is 15.8 Å². The fraction of sp³-hybridized carbons (Fsp3) is 0.900. The van der Waals surface area contributed by atoms with Gasteiger partial charge in [0.25, 0.3) is 0 Å². The highest BCUT2D eigenvalue weighted by molar-refractivity contribution is 5.78. The van der Waals surface area contributed by atoms with Crippen molar-refractivity contribution in [2.45, 2.75) is 32.3 Å². The number of carbonyl (C=O) groups excluding carboxylic acids is 1. The second kappa shape index (κ2) is 5.98. The molecule has 0 aliphatic carbocycles. The van der Waals surface area contributed by atoms with Gasteiger partial charge in [0.05, 0.1) is 12.0 Å². The molecule has 82 valence electrons. The van der Waals surface area contributed by atoms with E-state index in [1.54, 1.807) is 0 Å². The monoisotopic (exact) mass is 200 g/mol. The van der Waals surface area contributed by atoms with E-state index in [0.717, 1.165) is 25.9 Å². The van der Waals surface area contributed by atoms with Crippen molar-refractivity contribution in [3.63, 3.8) is 0 Å². The minimum atomic E-state index is -0.0851. The van der Waals surface area contributed by atoms with Crippen molar-refractivity contribution in [3.05, 3.63) is 0 Å². The van der Waals surface area contributed by atoms with Crippen molar-refractivity contribution in [1.82, 2.24) is 5.32 Å². The van der Waals surface area contributed by atoms with Crippen molar-refractivity contribution in [2.75, 3.05) is 19.7 Å². The van der Waals surface area contributed by atoms with E-state index in [2.05, 4.69) is 5.32 Å². The zero-order valence-corrected chi connectivity index (χ0v) is 8.79. The van der Waals surface area contributed by atoms with Crippen LogP contribution in [0.2, 0.25) is 0 Å². The summed E-state index contributed by atoms with van der Waals surface area (Å²) in [6.07, 6.45) is 3.18. The molecule has 0 saturated carbocycles. The summed E-state index contributed by atoms with van der Waals surface area (Å²) in [5.74, 6) is -0.0245. The summed E-state index contributed by atoms with van der Waals surface area (Å²) in [5, 5.41) is 2.80. The van der Waals surface area contributed by atoms with Crippen LogP contribution in [0.5, 0.6) is 0 Å². The smallest absolute Gasteiger partial charge is 0.224 e. The van der Waals surface area contributed by atoms with Crippen LogP contribution in [0.25, 0.3) is 0 Å². The van der Waals surface area contributed by atoms with Crippen LogP contribution < -0.4 is 11.1 Å². The van der Waals surface area contributed by atoms with Crippen molar-refractivity contribution in [1.29, 1.82) is 0 Å². The number of carbonyl (C=O) groups is 1. The highest BCUT2D eigenvalue weighted by Gasteiger charge is 2.24. The van der Waals surface area contributed by atoms with Gasteiger partial charge in [-0.15, -0.1) is 0 Å². The molecule has 1 heterocycles. The van der Waals surface area contributed by atoms with Crippen LogP contribution in [0.1, 0.15) is 26.2 Å². The van der Waals surface area contributed by atoms with Gasteiger partial charge in [0, 0.05) is 19.7 Å². The fourth-order valence-electron chi connectivity index (χ4n) is 1.78. The maximum Gasteiger partial charge on any atom is 0.224 e. The van der Waals surface area contributed by atoms with E-state index >= 15 is 0 Å². The molecule has 0 bridgehead atoms. The van der Waals surface area contributed by atoms with Gasteiger partial charge in [0.2, 0.25) is 5.91 Å². The molecule has 0 aromatic rings. The van der Waals surface area contributed by atoms with Crippen LogP contribution >= 0.6 is 0 Å². The number of amides is 1. The van der Waals surface area contributed by atoms with Crippen LogP contribution in [0.3, 0.4) is 0 Å². The molecule has 1 aliphatic rings. The Morgan fingerprint density at radius 2 is 2.50 bits per heavy atom. The third kappa shape index (κ3) is 3.27. The molecular weight excluding hydrogens is 180 g/mol. The summed E-state index contributed by atoms with van der Waals surface area (Å²) in [7, 11) is 0. The van der Waals surface area contributed by atoms with E-state index in [1.165, 1.54) is 0 Å². The lowest BCUT2D eigenvalue weighted by Crippen LogP contribution is -2.36. The highest BCUT2D eigenvalue weighted by Crippen LogP contribution is 2.19. The van der Waals surface area contributed by atoms with Gasteiger partial charge in [-0.3, -0.25) is 4.79 Å². The van der Waals surface area contributed by atoms with E-state index in [9.17, 15) is 4.79 Å². The third-order valence-electron chi connectivity index (χ3n) is 2.58. The topological polar surface area (TPSA) is 64.4 Å². The minimum Gasteiger partial charge on any atom is -0.378 e. The maximum atomic E-state index is 11.5. The molecule has 1 rings (SSSR count). The molecule has 0 radical (unpaired) electrons. The predicted molar refractivity (Wildman–Crippen MR) is 54.8 cm³/mol. The molecular formula is C10H20N2O2. The average molecular weight is 200 g/mol. The second-order valence-electron chi connectivity index (χ2n) is 3.70. The Balaban J connectivity index is 2.33. The zero-order chi connectivity index (χ0) is 10.4. The molecule has 1 aliphatic heterocycles. The lowest BCUT2D eigenvalue weighted by molar-refractivity contribution is -0.125. The van der Waals surface area contributed by atoms with Crippen LogP contribution in [0.4, 0.5) is 0 Å². The number of nitrogens with two attached hydrogens (primary N) is 1. The molecule has 14 heavy (non-hydrogen) atoms. The van der Waals surface area contributed by atoms with Gasteiger partial charge in [-0.25, -0.2) is 0 Å². The van der Waals surface area contributed by atoms with Gasteiger partial charge in [0.15, 0.2) is 0 Å². The van der Waals surface area contributed by atoms with Crippen molar-refractivity contribution >= 4 is 5.91 Å². The van der Waals surface area contributed by atoms with Gasteiger partial charge >= 0.3 is 0 Å². The maximum absolute atomic E-state index is 11.5. The van der Waals surface area contributed by atoms with E-state index < -0.39 is 0 Å². The lowest BCUT2D eigenvalue weighted by atomic mass is 9.99. The van der Waals surface area contributed by atoms with Gasteiger partial charge in [-0.1, -0.05) is 0 Å². The van der Waals surface area contributed by atoms with Gasteiger partial charge in [0.1, 0.15) is 0 Å². The van der Waals surface area contributed by atoms with E-state index in [-0.39, 0.29) is 17.9 Å². The Morgan fingerprint density at radius 3 is 3.00 bits per heavy atom. The van der Waals surface area contributed by atoms with Crippen LogP contribution in [-0.2, 0) is 9.53 Å². The molecule has 4 nitrogen and oxygen atoms in total. The first-order valence-electron chi connectivity index (χ1n) is 5.37. The summed E-state index contributed by atoms with van der Waals surface area (Å²) in [6, 6.07) is 0. The fourth-order valence-corrected chi connectivity index (χ4v) is 1.78. The molecule has 2 unspecified atom stereocenters. The van der Waals surface area contributed by atoms with Crippen molar-refractivity contribution in [3.8, 4) is 0 Å². The summed E-state index contributed by atoms with van der Waals surface area (Å²) in [5.41, 5.74) is 5.57. The van der Waals surface area contributed by atoms with Crippen molar-refractivity contribution < 1.29 is 9.53 Å². The molecule has 0 aromatic heterocycles. The molecule has 1 saturated heterocycles. The van der Waals surface area contributed by atoms with Crippen LogP contribution in [0, 0.1) is 5.92 Å². The predicted octanol–water partition coefficient (Wildman–Crippen LogP) is 0.267. The molecule has 1 amide bonds. The number of nitrogens with one attached hydrogen (secondary N) is 1. The Kier molecular flexibility index (Phi) is 4.90.